The number of unbranched alkanes of at least 4 members (excludes halogenated alkanes) is 8. The summed E-state index contributed by atoms with van der Waals surface area (Å²) >= 11 is 5.93. The van der Waals surface area contributed by atoms with Crippen molar-refractivity contribution in [2.45, 2.75) is 71.1 Å². The van der Waals surface area contributed by atoms with E-state index in [1.165, 1.54) is 44.9 Å². The quantitative estimate of drug-likeness (QED) is 0.265. The lowest BCUT2D eigenvalue weighted by Crippen LogP contribution is -2.41. The summed E-state index contributed by atoms with van der Waals surface area (Å²) in [5.74, 6) is 0.0454. The van der Waals surface area contributed by atoms with E-state index in [0.29, 0.717) is 30.2 Å². The van der Waals surface area contributed by atoms with Crippen molar-refractivity contribution in [3.05, 3.63) is 59.6 Å². The Hall–Kier alpha value is -2.53. The zero-order valence-electron chi connectivity index (χ0n) is 19.8. The van der Waals surface area contributed by atoms with Crippen LogP contribution >= 0.6 is 11.6 Å². The average molecular weight is 472 g/mol. The Morgan fingerprint density at radius 3 is 2.06 bits per heavy atom. The van der Waals surface area contributed by atoms with Crippen molar-refractivity contribution >= 4 is 34.9 Å². The number of nitrogens with one attached hydrogen (secondary N) is 2. The maximum absolute atomic E-state index is 12.9. The number of para-hydroxylation sites is 1. The second-order valence-corrected chi connectivity index (χ2v) is 8.79. The molecule has 33 heavy (non-hydrogen) atoms. The average Bonchev–Trinajstić information content (AvgIpc) is 2.82. The fourth-order valence-corrected chi connectivity index (χ4v) is 3.80. The standard InChI is InChI=1S/C27H38ClN3O2/c1-2-3-4-5-6-7-8-9-13-16-26(32)29-21-22-31(25-14-11-10-12-15-25)27(33)30-24-19-17-23(28)18-20-24/h10-12,14-15,17-20H,2-9,13,16,21-22H2,1H3,(H,29,32)(H,30,33). The summed E-state index contributed by atoms with van der Waals surface area (Å²) in [6.45, 7) is 3.02. The van der Waals surface area contributed by atoms with Crippen LogP contribution in [0.5, 0.6) is 0 Å². The fourth-order valence-electron chi connectivity index (χ4n) is 3.67. The number of carbonyl (C=O) groups is 2. The third-order valence-electron chi connectivity index (χ3n) is 5.57. The molecule has 0 aromatic heterocycles. The van der Waals surface area contributed by atoms with E-state index in [0.717, 1.165) is 18.5 Å². The summed E-state index contributed by atoms with van der Waals surface area (Å²) in [6.07, 6.45) is 11.6. The number of urea groups is 1. The Kier molecular flexibility index (Phi) is 13.1. The molecule has 2 rings (SSSR count). The van der Waals surface area contributed by atoms with E-state index in [9.17, 15) is 9.59 Å². The molecule has 0 aliphatic carbocycles. The maximum Gasteiger partial charge on any atom is 0.326 e. The van der Waals surface area contributed by atoms with Crippen LogP contribution in [0.25, 0.3) is 0 Å². The maximum atomic E-state index is 12.9. The first-order valence-corrected chi connectivity index (χ1v) is 12.6. The van der Waals surface area contributed by atoms with Crippen LogP contribution < -0.4 is 15.5 Å². The molecule has 6 heteroatoms. The number of halogens is 1. The molecule has 3 amide bonds. The van der Waals surface area contributed by atoms with Crippen molar-refractivity contribution in [1.29, 1.82) is 0 Å². The van der Waals surface area contributed by atoms with Gasteiger partial charge in [-0.3, -0.25) is 9.69 Å². The first-order chi connectivity index (χ1) is 16.1. The molecule has 0 fully saturated rings. The van der Waals surface area contributed by atoms with Crippen LogP contribution in [-0.4, -0.2) is 25.0 Å². The van der Waals surface area contributed by atoms with Gasteiger partial charge in [0.2, 0.25) is 5.91 Å². The van der Waals surface area contributed by atoms with Gasteiger partial charge in [0.15, 0.2) is 0 Å². The van der Waals surface area contributed by atoms with Crippen LogP contribution in [0.1, 0.15) is 71.1 Å². The molecule has 0 radical (unpaired) electrons. The molecular formula is C27H38ClN3O2. The number of benzene rings is 2. The molecule has 0 heterocycles. The zero-order chi connectivity index (χ0) is 23.7. The Morgan fingerprint density at radius 1 is 0.818 bits per heavy atom. The van der Waals surface area contributed by atoms with Crippen molar-refractivity contribution in [3.8, 4) is 0 Å². The molecule has 0 bridgehead atoms. The van der Waals surface area contributed by atoms with E-state index in [4.69, 9.17) is 11.6 Å². The summed E-state index contributed by atoms with van der Waals surface area (Å²) in [7, 11) is 0. The molecule has 2 aromatic carbocycles. The number of rotatable bonds is 15. The number of carbonyl (C=O) groups excluding carboxylic acids is 2. The minimum atomic E-state index is -0.253. The van der Waals surface area contributed by atoms with Crippen LogP contribution in [0, 0.1) is 0 Å². The molecule has 0 aliphatic heterocycles. The molecule has 5 nitrogen and oxygen atoms in total. The molecular weight excluding hydrogens is 434 g/mol. The van der Waals surface area contributed by atoms with Crippen molar-refractivity contribution in [2.75, 3.05) is 23.3 Å². The van der Waals surface area contributed by atoms with E-state index in [-0.39, 0.29) is 11.9 Å². The Labute approximate surface area is 203 Å². The molecule has 0 atom stereocenters. The number of amides is 3. The van der Waals surface area contributed by atoms with Gasteiger partial charge in [-0.05, 0) is 42.8 Å². The Bertz CT molecular complexity index is 812. The number of nitrogens with zero attached hydrogens (tertiary/aromatic N) is 1. The topological polar surface area (TPSA) is 61.4 Å². The third-order valence-corrected chi connectivity index (χ3v) is 5.83. The summed E-state index contributed by atoms with van der Waals surface area (Å²) in [6, 6.07) is 16.2. The van der Waals surface area contributed by atoms with Gasteiger partial charge in [-0.15, -0.1) is 0 Å². The van der Waals surface area contributed by atoms with E-state index in [1.807, 2.05) is 30.3 Å². The van der Waals surface area contributed by atoms with Crippen LogP contribution in [0.2, 0.25) is 5.02 Å². The van der Waals surface area contributed by atoms with Gasteiger partial charge in [0.25, 0.3) is 0 Å². The lowest BCUT2D eigenvalue weighted by Gasteiger charge is -2.23. The van der Waals surface area contributed by atoms with Gasteiger partial charge in [0.1, 0.15) is 0 Å². The molecule has 0 saturated heterocycles. The smallest absolute Gasteiger partial charge is 0.326 e. The molecule has 0 spiro atoms. The highest BCUT2D eigenvalue weighted by atomic mass is 35.5. The lowest BCUT2D eigenvalue weighted by atomic mass is 10.1. The third kappa shape index (κ3) is 11.2. The van der Waals surface area contributed by atoms with Crippen LogP contribution in [0.4, 0.5) is 16.2 Å². The molecule has 0 saturated carbocycles. The van der Waals surface area contributed by atoms with E-state index in [1.54, 1.807) is 29.2 Å². The van der Waals surface area contributed by atoms with Gasteiger partial charge >= 0.3 is 6.03 Å². The largest absolute Gasteiger partial charge is 0.354 e. The van der Waals surface area contributed by atoms with Crippen LogP contribution in [-0.2, 0) is 4.79 Å². The summed E-state index contributed by atoms with van der Waals surface area (Å²) in [4.78, 5) is 26.7. The Morgan fingerprint density at radius 2 is 1.42 bits per heavy atom. The number of anilines is 2. The lowest BCUT2D eigenvalue weighted by molar-refractivity contribution is -0.121. The number of hydrogen-bond donors (Lipinski definition) is 2. The van der Waals surface area contributed by atoms with Gasteiger partial charge in [-0.1, -0.05) is 88.1 Å². The highest BCUT2D eigenvalue weighted by molar-refractivity contribution is 6.30. The summed E-state index contributed by atoms with van der Waals surface area (Å²) < 4.78 is 0. The normalized spacial score (nSPS) is 10.6. The van der Waals surface area contributed by atoms with E-state index >= 15 is 0 Å². The van der Waals surface area contributed by atoms with Crippen molar-refractivity contribution in [1.82, 2.24) is 5.32 Å². The molecule has 2 N–H and O–H groups in total. The summed E-state index contributed by atoms with van der Waals surface area (Å²) in [5.41, 5.74) is 1.44. The minimum Gasteiger partial charge on any atom is -0.354 e. The minimum absolute atomic E-state index is 0.0454. The predicted molar refractivity (Wildman–Crippen MR) is 139 cm³/mol. The van der Waals surface area contributed by atoms with Gasteiger partial charge < -0.3 is 10.6 Å². The van der Waals surface area contributed by atoms with Crippen molar-refractivity contribution < 1.29 is 9.59 Å². The van der Waals surface area contributed by atoms with Gasteiger partial charge in [-0.25, -0.2) is 4.79 Å². The fraction of sp³-hybridized carbons (Fsp3) is 0.481. The van der Waals surface area contributed by atoms with E-state index in [2.05, 4.69) is 17.6 Å². The predicted octanol–water partition coefficient (Wildman–Crippen LogP) is 7.42. The van der Waals surface area contributed by atoms with Gasteiger partial charge in [0, 0.05) is 35.9 Å². The Balaban J connectivity index is 1.71. The summed E-state index contributed by atoms with van der Waals surface area (Å²) in [5, 5.41) is 6.46. The molecule has 0 unspecified atom stereocenters. The van der Waals surface area contributed by atoms with Crippen molar-refractivity contribution in [3.63, 3.8) is 0 Å². The first kappa shape index (κ1) is 26.7. The second kappa shape index (κ2) is 16.1. The van der Waals surface area contributed by atoms with Crippen molar-refractivity contribution in [2.24, 2.45) is 0 Å². The van der Waals surface area contributed by atoms with Crippen LogP contribution in [0.3, 0.4) is 0 Å². The highest BCUT2D eigenvalue weighted by Crippen LogP contribution is 2.17. The molecule has 0 aliphatic rings. The molecule has 180 valence electrons. The van der Waals surface area contributed by atoms with Gasteiger partial charge in [-0.2, -0.15) is 0 Å². The highest BCUT2D eigenvalue weighted by Gasteiger charge is 2.16. The zero-order valence-corrected chi connectivity index (χ0v) is 20.6. The van der Waals surface area contributed by atoms with Gasteiger partial charge in [0.05, 0.1) is 0 Å². The molecule has 2 aromatic rings. The SMILES string of the molecule is CCCCCCCCCCCC(=O)NCCN(C(=O)Nc1ccc(Cl)cc1)c1ccccc1. The second-order valence-electron chi connectivity index (χ2n) is 8.35. The number of hydrogen-bond acceptors (Lipinski definition) is 2. The first-order valence-electron chi connectivity index (χ1n) is 12.3. The van der Waals surface area contributed by atoms with Crippen LogP contribution in [0.15, 0.2) is 54.6 Å². The van der Waals surface area contributed by atoms with E-state index < -0.39 is 0 Å². The monoisotopic (exact) mass is 471 g/mol.